The zero-order valence-corrected chi connectivity index (χ0v) is 20.6. The van der Waals surface area contributed by atoms with Gasteiger partial charge >= 0.3 is 0 Å². The van der Waals surface area contributed by atoms with Gasteiger partial charge in [-0.05, 0) is 49.2 Å². The monoisotopic (exact) mass is 551 g/mol. The van der Waals surface area contributed by atoms with E-state index in [4.69, 9.17) is 16.3 Å². The van der Waals surface area contributed by atoms with Gasteiger partial charge in [0.2, 0.25) is 0 Å². The number of halogens is 2. The number of rotatable bonds is 8. The molecule has 160 valence electrons. The van der Waals surface area contributed by atoms with Crippen molar-refractivity contribution >= 4 is 51.4 Å². The molecule has 0 radical (unpaired) electrons. The summed E-state index contributed by atoms with van der Waals surface area (Å²) in [6, 6.07) is 12.5. The van der Waals surface area contributed by atoms with Gasteiger partial charge in [-0.1, -0.05) is 29.8 Å². The van der Waals surface area contributed by atoms with Gasteiger partial charge in [0.05, 0.1) is 18.0 Å². The molecule has 2 aromatic carbocycles. The van der Waals surface area contributed by atoms with Gasteiger partial charge in [0, 0.05) is 17.8 Å². The van der Waals surface area contributed by atoms with E-state index in [9.17, 15) is 8.42 Å². The summed E-state index contributed by atoms with van der Waals surface area (Å²) in [7, 11) is -3.21. The lowest BCUT2D eigenvalue weighted by Gasteiger charge is -2.12. The topological polar surface area (TPSA) is 79.8 Å². The second kappa shape index (κ2) is 12.2. The Kier molecular flexibility index (Phi) is 10.8. The fourth-order valence-electron chi connectivity index (χ4n) is 2.63. The van der Waals surface area contributed by atoms with Gasteiger partial charge in [-0.25, -0.2) is 13.4 Å². The molecule has 29 heavy (non-hydrogen) atoms. The highest BCUT2D eigenvalue weighted by molar-refractivity contribution is 14.0. The van der Waals surface area contributed by atoms with Gasteiger partial charge < -0.3 is 15.4 Å². The van der Waals surface area contributed by atoms with Gasteiger partial charge in [0.15, 0.2) is 15.8 Å². The summed E-state index contributed by atoms with van der Waals surface area (Å²) in [5.74, 6) is 1.39. The van der Waals surface area contributed by atoms with E-state index in [-0.39, 0.29) is 24.0 Å². The Morgan fingerprint density at radius 1 is 1.17 bits per heavy atom. The number of hydrogen-bond donors (Lipinski definition) is 2. The van der Waals surface area contributed by atoms with Crippen molar-refractivity contribution in [3.05, 3.63) is 58.6 Å². The zero-order valence-electron chi connectivity index (χ0n) is 16.7. The van der Waals surface area contributed by atoms with E-state index in [1.807, 2.05) is 25.1 Å². The van der Waals surface area contributed by atoms with E-state index < -0.39 is 9.84 Å². The lowest BCUT2D eigenvalue weighted by atomic mass is 10.1. The van der Waals surface area contributed by atoms with Crippen LogP contribution in [-0.2, 0) is 16.4 Å². The normalized spacial score (nSPS) is 11.5. The molecule has 0 saturated carbocycles. The summed E-state index contributed by atoms with van der Waals surface area (Å²) in [5, 5.41) is 7.02. The Balaban J connectivity index is 0.00000420. The molecule has 0 amide bonds. The highest BCUT2D eigenvalue weighted by Gasteiger charge is 2.10. The lowest BCUT2D eigenvalue weighted by molar-refractivity contribution is 0.322. The molecule has 0 aliphatic rings. The fraction of sp³-hybridized carbons (Fsp3) is 0.350. The van der Waals surface area contributed by atoms with Gasteiger partial charge in [0.25, 0.3) is 0 Å². The van der Waals surface area contributed by atoms with Gasteiger partial charge in [0.1, 0.15) is 12.4 Å². The molecule has 0 heterocycles. The summed E-state index contributed by atoms with van der Waals surface area (Å²) < 4.78 is 29.1. The number of aryl methyl sites for hydroxylation is 1. The van der Waals surface area contributed by atoms with Crippen molar-refractivity contribution in [1.29, 1.82) is 0 Å². The molecule has 0 saturated heterocycles. The number of aliphatic imine (C=N–C) groups is 1. The molecule has 0 unspecified atom stereocenters. The number of guanidine groups is 1. The highest BCUT2D eigenvalue weighted by Crippen LogP contribution is 2.17. The molecule has 9 heteroatoms. The predicted molar refractivity (Wildman–Crippen MR) is 129 cm³/mol. The molecule has 0 atom stereocenters. The Hall–Kier alpha value is -1.52. The minimum atomic E-state index is -3.21. The number of sulfone groups is 1. The number of benzene rings is 2. The maximum atomic E-state index is 11.7. The van der Waals surface area contributed by atoms with Crippen molar-refractivity contribution in [3.63, 3.8) is 0 Å². The predicted octanol–water partition coefficient (Wildman–Crippen LogP) is 3.80. The van der Waals surface area contributed by atoms with Crippen LogP contribution >= 0.6 is 35.6 Å². The smallest absolute Gasteiger partial charge is 0.191 e. The molecule has 2 aromatic rings. The van der Waals surface area contributed by atoms with E-state index >= 15 is 0 Å². The van der Waals surface area contributed by atoms with Gasteiger partial charge in [-0.3, -0.25) is 0 Å². The van der Waals surface area contributed by atoms with Crippen molar-refractivity contribution < 1.29 is 13.2 Å². The van der Waals surface area contributed by atoms with Crippen molar-refractivity contribution in [2.24, 2.45) is 4.99 Å². The molecule has 0 aromatic heterocycles. The SMILES string of the molecule is CCNC(=NCc1ccc(S(C)(=O)=O)c(C)c1)NCCOc1cccc(Cl)c1.I. The zero-order chi connectivity index (χ0) is 20.6. The summed E-state index contributed by atoms with van der Waals surface area (Å²) in [5.41, 5.74) is 1.67. The quantitative estimate of drug-likeness (QED) is 0.226. The first-order valence-electron chi connectivity index (χ1n) is 8.99. The van der Waals surface area contributed by atoms with Crippen LogP contribution in [0.3, 0.4) is 0 Å². The number of nitrogens with zero attached hydrogens (tertiary/aromatic N) is 1. The van der Waals surface area contributed by atoms with E-state index in [0.29, 0.717) is 35.6 Å². The van der Waals surface area contributed by atoms with Gasteiger partial charge in [-0.2, -0.15) is 0 Å². The summed E-state index contributed by atoms with van der Waals surface area (Å²) in [4.78, 5) is 4.89. The largest absolute Gasteiger partial charge is 0.492 e. The highest BCUT2D eigenvalue weighted by atomic mass is 127. The van der Waals surface area contributed by atoms with Crippen LogP contribution < -0.4 is 15.4 Å². The van der Waals surface area contributed by atoms with Crippen molar-refractivity contribution in [1.82, 2.24) is 10.6 Å². The summed E-state index contributed by atoms with van der Waals surface area (Å²) in [6.07, 6.45) is 1.21. The number of nitrogens with one attached hydrogen (secondary N) is 2. The van der Waals surface area contributed by atoms with Crippen molar-refractivity contribution in [2.45, 2.75) is 25.3 Å². The molecule has 0 fully saturated rings. The number of ether oxygens (including phenoxy) is 1. The minimum Gasteiger partial charge on any atom is -0.492 e. The van der Waals surface area contributed by atoms with E-state index in [2.05, 4.69) is 15.6 Å². The van der Waals surface area contributed by atoms with Crippen molar-refractivity contribution in [2.75, 3.05) is 26.0 Å². The van der Waals surface area contributed by atoms with Crippen LogP contribution in [0.15, 0.2) is 52.4 Å². The maximum Gasteiger partial charge on any atom is 0.191 e. The summed E-state index contributed by atoms with van der Waals surface area (Å²) in [6.45, 7) is 5.99. The molecule has 0 aliphatic heterocycles. The molecular formula is C20H27ClIN3O3S. The van der Waals surface area contributed by atoms with Crippen LogP contribution in [0.4, 0.5) is 0 Å². The lowest BCUT2D eigenvalue weighted by Crippen LogP contribution is -2.39. The molecule has 6 nitrogen and oxygen atoms in total. The van der Waals surface area contributed by atoms with E-state index in [1.54, 1.807) is 31.2 Å². The molecular weight excluding hydrogens is 525 g/mol. The van der Waals surface area contributed by atoms with E-state index in [0.717, 1.165) is 23.4 Å². The Labute approximate surface area is 195 Å². The summed E-state index contributed by atoms with van der Waals surface area (Å²) >= 11 is 5.94. The fourth-order valence-corrected chi connectivity index (χ4v) is 3.77. The third-order valence-electron chi connectivity index (χ3n) is 3.86. The average Bonchev–Trinajstić information content (AvgIpc) is 2.62. The van der Waals surface area contributed by atoms with Crippen molar-refractivity contribution in [3.8, 4) is 5.75 Å². The van der Waals surface area contributed by atoms with Crippen LogP contribution in [0.25, 0.3) is 0 Å². The Bertz CT molecular complexity index is 936. The van der Waals surface area contributed by atoms with Crippen LogP contribution in [0.1, 0.15) is 18.1 Å². The molecule has 2 N–H and O–H groups in total. The molecule has 0 spiro atoms. The average molecular weight is 552 g/mol. The second-order valence-corrected chi connectivity index (χ2v) is 8.72. The second-order valence-electron chi connectivity index (χ2n) is 6.30. The third-order valence-corrected chi connectivity index (χ3v) is 5.35. The number of hydrogen-bond acceptors (Lipinski definition) is 4. The first kappa shape index (κ1) is 25.5. The molecule has 0 bridgehead atoms. The van der Waals surface area contributed by atoms with Crippen LogP contribution in [-0.4, -0.2) is 40.3 Å². The van der Waals surface area contributed by atoms with E-state index in [1.165, 1.54) is 6.26 Å². The molecule has 0 aliphatic carbocycles. The maximum absolute atomic E-state index is 11.7. The first-order valence-corrected chi connectivity index (χ1v) is 11.3. The van der Waals surface area contributed by atoms with Crippen LogP contribution in [0.5, 0.6) is 5.75 Å². The molecule has 2 rings (SSSR count). The Morgan fingerprint density at radius 3 is 2.55 bits per heavy atom. The Morgan fingerprint density at radius 2 is 1.93 bits per heavy atom. The van der Waals surface area contributed by atoms with Crippen LogP contribution in [0.2, 0.25) is 5.02 Å². The first-order chi connectivity index (χ1) is 13.3. The minimum absolute atomic E-state index is 0. The van der Waals surface area contributed by atoms with Crippen LogP contribution in [0, 0.1) is 6.92 Å². The third kappa shape index (κ3) is 8.79. The van der Waals surface area contributed by atoms with Gasteiger partial charge in [-0.15, -0.1) is 24.0 Å². The standard InChI is InChI=1S/C20H26ClN3O3S.HI/c1-4-22-20(23-10-11-27-18-7-5-6-17(21)13-18)24-14-16-8-9-19(15(2)12-16)28(3,25)26;/h5-9,12-13H,4,10-11,14H2,1-3H3,(H2,22,23,24);1H.